The van der Waals surface area contributed by atoms with Crippen molar-refractivity contribution in [1.29, 1.82) is 0 Å². The molecule has 0 bridgehead atoms. The Morgan fingerprint density at radius 3 is 2.22 bits per heavy atom. The fourth-order valence-electron chi connectivity index (χ4n) is 2.31. The van der Waals surface area contributed by atoms with E-state index in [0.717, 1.165) is 6.42 Å². The molecule has 0 aliphatic carbocycles. The number of rotatable bonds is 6. The van der Waals surface area contributed by atoms with E-state index >= 15 is 0 Å². The second-order valence-electron chi connectivity index (χ2n) is 4.69. The molecule has 0 nitrogen and oxygen atoms in total. The molecule has 0 saturated carbocycles. The maximum atomic E-state index is 3.90. The monoisotopic (exact) mass is 237 g/mol. The fraction of sp³-hybridized carbons (Fsp3) is 0.278. The summed E-state index contributed by atoms with van der Waals surface area (Å²) in [6, 6.07) is 19.4. The lowest BCUT2D eigenvalue weighted by Crippen LogP contribution is -1.90. The highest BCUT2D eigenvalue weighted by molar-refractivity contribution is 5.67. The third-order valence-corrected chi connectivity index (χ3v) is 3.30. The molecule has 0 aliphatic heterocycles. The lowest BCUT2D eigenvalue weighted by Gasteiger charge is -2.09. The van der Waals surface area contributed by atoms with Crippen LogP contribution in [0.5, 0.6) is 0 Å². The largest absolute Gasteiger partial charge is 0.0622 e. The summed E-state index contributed by atoms with van der Waals surface area (Å²) in [6.07, 6.45) is 6.02. The zero-order chi connectivity index (χ0) is 12.6. The van der Waals surface area contributed by atoms with Crippen molar-refractivity contribution in [1.82, 2.24) is 0 Å². The summed E-state index contributed by atoms with van der Waals surface area (Å²) in [6.45, 7) is 3.90. The third-order valence-electron chi connectivity index (χ3n) is 3.30. The van der Waals surface area contributed by atoms with E-state index in [2.05, 4.69) is 61.5 Å². The molecule has 0 aliphatic rings. The lowest BCUT2D eigenvalue weighted by molar-refractivity contribution is 0.686. The van der Waals surface area contributed by atoms with Gasteiger partial charge in [0.1, 0.15) is 0 Å². The van der Waals surface area contributed by atoms with Crippen LogP contribution in [0.4, 0.5) is 0 Å². The van der Waals surface area contributed by atoms with Gasteiger partial charge in [-0.15, -0.1) is 0 Å². The summed E-state index contributed by atoms with van der Waals surface area (Å²) in [5.74, 6) is 0. The first-order chi connectivity index (χ1) is 8.92. The summed E-state index contributed by atoms with van der Waals surface area (Å²) in [5, 5.41) is 0. The van der Waals surface area contributed by atoms with Crippen molar-refractivity contribution in [2.45, 2.75) is 32.1 Å². The average Bonchev–Trinajstić information content (AvgIpc) is 2.45. The zero-order valence-electron chi connectivity index (χ0n) is 10.9. The van der Waals surface area contributed by atoms with E-state index in [0.29, 0.717) is 0 Å². The molecule has 18 heavy (non-hydrogen) atoms. The Balaban J connectivity index is 2.11. The summed E-state index contributed by atoms with van der Waals surface area (Å²) < 4.78 is 0. The molecule has 0 fully saturated rings. The Hall–Kier alpha value is -1.56. The topological polar surface area (TPSA) is 0 Å². The minimum atomic E-state index is 1.06. The van der Waals surface area contributed by atoms with Gasteiger partial charge in [0, 0.05) is 0 Å². The molecule has 2 aromatic carbocycles. The van der Waals surface area contributed by atoms with E-state index in [1.165, 1.54) is 42.4 Å². The molecular formula is C18H21. The van der Waals surface area contributed by atoms with Gasteiger partial charge in [-0.25, -0.2) is 0 Å². The van der Waals surface area contributed by atoms with Gasteiger partial charge in [-0.05, 0) is 29.5 Å². The Bertz CT molecular complexity index is 456. The van der Waals surface area contributed by atoms with Gasteiger partial charge in [-0.3, -0.25) is 0 Å². The van der Waals surface area contributed by atoms with Crippen LogP contribution in [0.3, 0.4) is 0 Å². The predicted octanol–water partition coefficient (Wildman–Crippen LogP) is 5.29. The SMILES string of the molecule is [CH2]CCCCCc1ccccc1-c1ccccc1. The molecule has 0 atom stereocenters. The molecule has 2 aromatic rings. The standard InChI is InChI=1S/C18H21/c1-2-3-4-6-11-17-14-9-10-15-18(17)16-12-7-5-8-13-16/h5,7-10,12-15H,1-4,6,11H2. The highest BCUT2D eigenvalue weighted by atomic mass is 14.1. The highest BCUT2D eigenvalue weighted by Crippen LogP contribution is 2.24. The summed E-state index contributed by atoms with van der Waals surface area (Å²) in [5.41, 5.74) is 4.17. The molecule has 0 spiro atoms. The maximum absolute atomic E-state index is 3.90. The van der Waals surface area contributed by atoms with Crippen molar-refractivity contribution in [3.05, 3.63) is 67.1 Å². The van der Waals surface area contributed by atoms with E-state index in [4.69, 9.17) is 0 Å². The van der Waals surface area contributed by atoms with E-state index in [9.17, 15) is 0 Å². The quantitative estimate of drug-likeness (QED) is 0.599. The second-order valence-corrected chi connectivity index (χ2v) is 4.69. The van der Waals surface area contributed by atoms with Crippen LogP contribution in [0.1, 0.15) is 31.2 Å². The highest BCUT2D eigenvalue weighted by Gasteiger charge is 2.03. The molecule has 1 radical (unpaired) electrons. The summed E-state index contributed by atoms with van der Waals surface area (Å²) in [4.78, 5) is 0. The molecule has 0 heteroatoms. The van der Waals surface area contributed by atoms with Gasteiger partial charge in [0.25, 0.3) is 0 Å². The van der Waals surface area contributed by atoms with Crippen molar-refractivity contribution >= 4 is 0 Å². The van der Waals surface area contributed by atoms with Crippen molar-refractivity contribution < 1.29 is 0 Å². The van der Waals surface area contributed by atoms with Crippen molar-refractivity contribution in [3.63, 3.8) is 0 Å². The molecule has 93 valence electrons. The van der Waals surface area contributed by atoms with Crippen molar-refractivity contribution in [2.75, 3.05) is 0 Å². The number of hydrogen-bond acceptors (Lipinski definition) is 0. The predicted molar refractivity (Wildman–Crippen MR) is 79.4 cm³/mol. The minimum absolute atomic E-state index is 1.06. The molecular weight excluding hydrogens is 216 g/mol. The molecule has 0 aromatic heterocycles. The van der Waals surface area contributed by atoms with Gasteiger partial charge in [0.2, 0.25) is 0 Å². The second kappa shape index (κ2) is 7.00. The molecule has 0 amide bonds. The first kappa shape index (κ1) is 12.9. The van der Waals surface area contributed by atoms with Gasteiger partial charge < -0.3 is 0 Å². The number of hydrogen-bond donors (Lipinski definition) is 0. The number of aryl methyl sites for hydroxylation is 1. The van der Waals surface area contributed by atoms with Gasteiger partial charge in [-0.1, -0.05) is 80.8 Å². The van der Waals surface area contributed by atoms with Crippen molar-refractivity contribution in [3.8, 4) is 11.1 Å². The smallest absolute Gasteiger partial charge is 0.0152 e. The zero-order valence-corrected chi connectivity index (χ0v) is 10.9. The first-order valence-corrected chi connectivity index (χ1v) is 6.84. The van der Waals surface area contributed by atoms with Crippen molar-refractivity contribution in [2.24, 2.45) is 0 Å². The molecule has 0 saturated heterocycles. The van der Waals surface area contributed by atoms with Gasteiger partial charge >= 0.3 is 0 Å². The van der Waals surface area contributed by atoms with E-state index in [1.807, 2.05) is 0 Å². The first-order valence-electron chi connectivity index (χ1n) is 6.84. The van der Waals surface area contributed by atoms with E-state index in [1.54, 1.807) is 0 Å². The van der Waals surface area contributed by atoms with Crippen LogP contribution in [0.15, 0.2) is 54.6 Å². The summed E-state index contributed by atoms with van der Waals surface area (Å²) in [7, 11) is 0. The van der Waals surface area contributed by atoms with Crippen LogP contribution in [-0.4, -0.2) is 0 Å². The van der Waals surface area contributed by atoms with Crippen LogP contribution in [0, 0.1) is 6.92 Å². The maximum Gasteiger partial charge on any atom is -0.0152 e. The summed E-state index contributed by atoms with van der Waals surface area (Å²) >= 11 is 0. The molecule has 0 N–H and O–H groups in total. The molecule has 0 heterocycles. The van der Waals surface area contributed by atoms with Crippen LogP contribution < -0.4 is 0 Å². The van der Waals surface area contributed by atoms with Crippen LogP contribution >= 0.6 is 0 Å². The third kappa shape index (κ3) is 3.46. The van der Waals surface area contributed by atoms with Gasteiger partial charge in [-0.2, -0.15) is 0 Å². The van der Waals surface area contributed by atoms with Crippen LogP contribution in [0.25, 0.3) is 11.1 Å². The van der Waals surface area contributed by atoms with E-state index in [-0.39, 0.29) is 0 Å². The fourth-order valence-corrected chi connectivity index (χ4v) is 2.31. The van der Waals surface area contributed by atoms with Crippen LogP contribution in [-0.2, 0) is 6.42 Å². The van der Waals surface area contributed by atoms with E-state index < -0.39 is 0 Å². The normalized spacial score (nSPS) is 10.5. The minimum Gasteiger partial charge on any atom is -0.0622 e. The Kier molecular flexibility index (Phi) is 5.01. The number of benzene rings is 2. The Morgan fingerprint density at radius 2 is 1.44 bits per heavy atom. The molecule has 0 unspecified atom stereocenters. The number of unbranched alkanes of at least 4 members (excludes halogenated alkanes) is 3. The lowest BCUT2D eigenvalue weighted by atomic mass is 9.96. The van der Waals surface area contributed by atoms with Gasteiger partial charge in [0.15, 0.2) is 0 Å². The van der Waals surface area contributed by atoms with Gasteiger partial charge in [0.05, 0.1) is 0 Å². The average molecular weight is 237 g/mol. The van der Waals surface area contributed by atoms with Crippen LogP contribution in [0.2, 0.25) is 0 Å². The Labute approximate surface area is 111 Å². The molecule has 2 rings (SSSR count). The Morgan fingerprint density at radius 1 is 0.722 bits per heavy atom.